The summed E-state index contributed by atoms with van der Waals surface area (Å²) in [6.07, 6.45) is -6.37. The molecule has 8 nitrogen and oxygen atoms in total. The number of aliphatic hydroxyl groups is 5. The van der Waals surface area contributed by atoms with Crippen LogP contribution in [0.3, 0.4) is 0 Å². The number of hydrogen-bond acceptors (Lipinski definition) is 7. The number of carbonyl (C=O) groups is 1. The van der Waals surface area contributed by atoms with E-state index in [4.69, 9.17) is 15.3 Å². The normalized spacial score (nSPS) is 18.4. The minimum Gasteiger partial charge on any atom is -0.480 e. The molecule has 0 radical (unpaired) electrons. The third-order valence-electron chi connectivity index (χ3n) is 2.58. The Morgan fingerprint density at radius 3 is 2.00 bits per heavy atom. The molecule has 4 atom stereocenters. The molecule has 0 aliphatic rings. The fraction of sp³-hybridized carbons (Fsp3) is 0.900. The number of hydrogen-bond donors (Lipinski definition) is 6. The van der Waals surface area contributed by atoms with Crippen molar-refractivity contribution in [2.45, 2.75) is 31.3 Å². The molecule has 0 aromatic rings. The van der Waals surface area contributed by atoms with Gasteiger partial charge in [-0.25, -0.2) is 0 Å². The number of likely N-dealkylation sites (N-methyl/N-ethyl adjacent to an activating group) is 1. The minimum absolute atomic E-state index is 0.167. The van der Waals surface area contributed by atoms with Crippen molar-refractivity contribution in [3.8, 4) is 0 Å². The van der Waals surface area contributed by atoms with Crippen LogP contribution in [0.4, 0.5) is 0 Å². The highest BCUT2D eigenvalue weighted by atomic mass is 16.4. The maximum absolute atomic E-state index is 10.5. The first-order valence-corrected chi connectivity index (χ1v) is 5.60. The van der Waals surface area contributed by atoms with E-state index in [0.717, 1.165) is 0 Å². The van der Waals surface area contributed by atoms with Crippen LogP contribution in [0.25, 0.3) is 0 Å². The zero-order chi connectivity index (χ0) is 14.3. The average molecular weight is 267 g/mol. The number of aliphatic hydroxyl groups excluding tert-OH is 5. The zero-order valence-electron chi connectivity index (χ0n) is 10.2. The molecule has 18 heavy (non-hydrogen) atoms. The second-order valence-corrected chi connectivity index (χ2v) is 4.02. The fourth-order valence-electron chi connectivity index (χ4n) is 1.43. The Kier molecular flexibility index (Phi) is 8.00. The highest BCUT2D eigenvalue weighted by molar-refractivity contribution is 5.69. The van der Waals surface area contributed by atoms with Crippen LogP contribution in [-0.4, -0.2) is 92.2 Å². The van der Waals surface area contributed by atoms with Crippen LogP contribution >= 0.6 is 0 Å². The third kappa shape index (κ3) is 5.71. The van der Waals surface area contributed by atoms with Gasteiger partial charge >= 0.3 is 5.97 Å². The maximum Gasteiger partial charge on any atom is 0.317 e. The van der Waals surface area contributed by atoms with Crippen molar-refractivity contribution in [3.63, 3.8) is 0 Å². The second-order valence-electron chi connectivity index (χ2n) is 4.02. The minimum atomic E-state index is -1.70. The monoisotopic (exact) mass is 267 g/mol. The SMILES string of the molecule is CCN(CC(=O)O)C[C@H](O)[C@@H](O)[C@H](O)[C@H](O)CO. The van der Waals surface area contributed by atoms with Crippen LogP contribution < -0.4 is 0 Å². The summed E-state index contributed by atoms with van der Waals surface area (Å²) in [5.74, 6) is -1.07. The molecule has 6 N–H and O–H groups in total. The molecule has 0 spiro atoms. The number of carboxylic acid groups (broad SMARTS) is 1. The van der Waals surface area contributed by atoms with E-state index < -0.39 is 37.0 Å². The number of nitrogens with zero attached hydrogens (tertiary/aromatic N) is 1. The van der Waals surface area contributed by atoms with E-state index in [2.05, 4.69) is 0 Å². The Morgan fingerprint density at radius 1 is 1.11 bits per heavy atom. The molecule has 0 aromatic carbocycles. The summed E-state index contributed by atoms with van der Waals surface area (Å²) >= 11 is 0. The van der Waals surface area contributed by atoms with Crippen molar-refractivity contribution >= 4 is 5.97 Å². The van der Waals surface area contributed by atoms with Gasteiger partial charge in [0.15, 0.2) is 0 Å². The van der Waals surface area contributed by atoms with E-state index in [1.165, 1.54) is 4.90 Å². The van der Waals surface area contributed by atoms with Gasteiger partial charge in [-0.15, -0.1) is 0 Å². The van der Waals surface area contributed by atoms with Gasteiger partial charge in [0, 0.05) is 6.54 Å². The summed E-state index contributed by atoms with van der Waals surface area (Å²) in [7, 11) is 0. The van der Waals surface area contributed by atoms with E-state index in [1.807, 2.05) is 0 Å². The molecule has 0 amide bonds. The lowest BCUT2D eigenvalue weighted by Crippen LogP contribution is -2.50. The molecule has 0 saturated heterocycles. The second kappa shape index (κ2) is 8.35. The van der Waals surface area contributed by atoms with Gasteiger partial charge in [0.1, 0.15) is 18.3 Å². The molecule has 0 aromatic heterocycles. The highest BCUT2D eigenvalue weighted by Crippen LogP contribution is 2.06. The summed E-state index contributed by atoms with van der Waals surface area (Å²) in [5, 5.41) is 54.8. The first-order chi connectivity index (χ1) is 8.33. The average Bonchev–Trinajstić information content (AvgIpc) is 2.34. The summed E-state index contributed by atoms with van der Waals surface area (Å²) < 4.78 is 0. The van der Waals surface area contributed by atoms with Crippen LogP contribution in [0.5, 0.6) is 0 Å². The lowest BCUT2D eigenvalue weighted by atomic mass is 10.0. The molecule has 0 unspecified atom stereocenters. The zero-order valence-corrected chi connectivity index (χ0v) is 10.2. The molecule has 0 aliphatic carbocycles. The molecular formula is C10H21NO7. The molecule has 0 bridgehead atoms. The lowest BCUT2D eigenvalue weighted by molar-refractivity contribution is -0.140. The Labute approximate surface area is 105 Å². The summed E-state index contributed by atoms with van der Waals surface area (Å²) in [6.45, 7) is 0.797. The Balaban J connectivity index is 4.35. The Morgan fingerprint density at radius 2 is 1.61 bits per heavy atom. The van der Waals surface area contributed by atoms with E-state index in [1.54, 1.807) is 6.92 Å². The quantitative estimate of drug-likeness (QED) is 0.257. The van der Waals surface area contributed by atoms with Gasteiger partial charge in [0.05, 0.1) is 19.3 Å². The largest absolute Gasteiger partial charge is 0.480 e. The molecule has 0 saturated carbocycles. The molecule has 0 fully saturated rings. The maximum atomic E-state index is 10.5. The van der Waals surface area contributed by atoms with Crippen LogP contribution in [-0.2, 0) is 4.79 Å². The van der Waals surface area contributed by atoms with Crippen LogP contribution in [0.15, 0.2) is 0 Å². The third-order valence-corrected chi connectivity index (χ3v) is 2.58. The van der Waals surface area contributed by atoms with E-state index in [9.17, 15) is 20.1 Å². The van der Waals surface area contributed by atoms with Gasteiger partial charge in [-0.05, 0) is 6.54 Å². The van der Waals surface area contributed by atoms with Crippen molar-refractivity contribution < 1.29 is 35.4 Å². The molecule has 0 heterocycles. The predicted octanol–water partition coefficient (Wildman–Crippen LogP) is -3.17. The van der Waals surface area contributed by atoms with Gasteiger partial charge in [-0.2, -0.15) is 0 Å². The van der Waals surface area contributed by atoms with Gasteiger partial charge in [-0.3, -0.25) is 9.69 Å². The topological polar surface area (TPSA) is 142 Å². The molecular weight excluding hydrogens is 246 g/mol. The summed E-state index contributed by atoms with van der Waals surface area (Å²) in [4.78, 5) is 11.9. The van der Waals surface area contributed by atoms with E-state index in [-0.39, 0.29) is 13.1 Å². The molecule has 0 aliphatic heterocycles. The van der Waals surface area contributed by atoms with Crippen LogP contribution in [0.2, 0.25) is 0 Å². The lowest BCUT2D eigenvalue weighted by Gasteiger charge is -2.29. The highest BCUT2D eigenvalue weighted by Gasteiger charge is 2.31. The number of carboxylic acids is 1. The van der Waals surface area contributed by atoms with E-state index in [0.29, 0.717) is 6.54 Å². The summed E-state index contributed by atoms with van der Waals surface area (Å²) in [6, 6.07) is 0. The van der Waals surface area contributed by atoms with Crippen molar-refractivity contribution in [3.05, 3.63) is 0 Å². The smallest absolute Gasteiger partial charge is 0.317 e. The van der Waals surface area contributed by atoms with Crippen molar-refractivity contribution in [1.29, 1.82) is 0 Å². The first-order valence-electron chi connectivity index (χ1n) is 5.60. The van der Waals surface area contributed by atoms with Crippen molar-refractivity contribution in [1.82, 2.24) is 4.90 Å². The summed E-state index contributed by atoms with van der Waals surface area (Å²) in [5.41, 5.74) is 0. The fourth-order valence-corrected chi connectivity index (χ4v) is 1.43. The van der Waals surface area contributed by atoms with Gasteiger partial charge in [0.25, 0.3) is 0 Å². The van der Waals surface area contributed by atoms with Crippen molar-refractivity contribution in [2.24, 2.45) is 0 Å². The standard InChI is InChI=1S/C10H21NO7/c1-2-11(4-8(15)16)3-6(13)9(17)10(18)7(14)5-12/h6-7,9-10,12-14,17-18H,2-5H2,1H3,(H,15,16)/t6-,7+,9+,10+/m0/s1. The molecule has 108 valence electrons. The first kappa shape index (κ1) is 17.2. The van der Waals surface area contributed by atoms with Gasteiger partial charge < -0.3 is 30.6 Å². The van der Waals surface area contributed by atoms with Crippen molar-refractivity contribution in [2.75, 3.05) is 26.2 Å². The number of aliphatic carboxylic acids is 1. The Bertz CT molecular complexity index is 250. The molecule has 8 heteroatoms. The van der Waals surface area contributed by atoms with E-state index >= 15 is 0 Å². The predicted molar refractivity (Wildman–Crippen MR) is 60.9 cm³/mol. The van der Waals surface area contributed by atoms with Gasteiger partial charge in [0.2, 0.25) is 0 Å². The Hall–Kier alpha value is -0.770. The van der Waals surface area contributed by atoms with Crippen LogP contribution in [0.1, 0.15) is 6.92 Å². The number of rotatable bonds is 9. The van der Waals surface area contributed by atoms with Gasteiger partial charge in [-0.1, -0.05) is 6.92 Å². The van der Waals surface area contributed by atoms with Crippen LogP contribution in [0, 0.1) is 0 Å². The molecule has 0 rings (SSSR count).